The minimum atomic E-state index is -4.50. The lowest BCUT2D eigenvalue weighted by Gasteiger charge is -2.17. The number of alkyl halides is 3. The van der Waals surface area contributed by atoms with Gasteiger partial charge in [0.25, 0.3) is 0 Å². The van der Waals surface area contributed by atoms with Crippen molar-refractivity contribution in [2.45, 2.75) is 19.1 Å². The van der Waals surface area contributed by atoms with Crippen LogP contribution in [0.4, 0.5) is 13.2 Å². The van der Waals surface area contributed by atoms with Gasteiger partial charge in [-0.25, -0.2) is 5.48 Å². The number of halogens is 3. The third-order valence-corrected chi connectivity index (χ3v) is 2.55. The van der Waals surface area contributed by atoms with Crippen molar-refractivity contribution in [2.75, 3.05) is 13.2 Å². The Hall–Kier alpha value is -1.47. The van der Waals surface area contributed by atoms with Crippen molar-refractivity contribution in [3.8, 4) is 11.5 Å². The zero-order valence-electron chi connectivity index (χ0n) is 9.38. The standard InChI is InChI=1S/C11H12F3NO3/c12-11(13,14)8-3-2-7(6-15-16)9-10(8)18-5-1-4-17-9/h2-3,15-16H,1,4-6H2. The van der Waals surface area contributed by atoms with Crippen molar-refractivity contribution in [3.05, 3.63) is 23.3 Å². The maximum absolute atomic E-state index is 12.8. The number of rotatable bonds is 2. The molecule has 1 aromatic rings. The molecule has 100 valence electrons. The second-order valence-corrected chi connectivity index (χ2v) is 3.81. The quantitative estimate of drug-likeness (QED) is 0.804. The van der Waals surface area contributed by atoms with Crippen LogP contribution in [0.3, 0.4) is 0 Å². The maximum Gasteiger partial charge on any atom is 0.420 e. The van der Waals surface area contributed by atoms with Gasteiger partial charge in [0.2, 0.25) is 0 Å². The molecular formula is C11H12F3NO3. The van der Waals surface area contributed by atoms with Crippen LogP contribution in [0, 0.1) is 0 Å². The van der Waals surface area contributed by atoms with E-state index in [1.807, 2.05) is 5.48 Å². The van der Waals surface area contributed by atoms with Crippen LogP contribution in [-0.4, -0.2) is 18.4 Å². The van der Waals surface area contributed by atoms with E-state index in [0.29, 0.717) is 12.0 Å². The Bertz CT molecular complexity index is 434. The largest absolute Gasteiger partial charge is 0.489 e. The van der Waals surface area contributed by atoms with Gasteiger partial charge in [-0.15, -0.1) is 0 Å². The molecule has 1 aliphatic rings. The SMILES string of the molecule is ONCc1ccc(C(F)(F)F)c2c1OCCCO2. The van der Waals surface area contributed by atoms with Gasteiger partial charge in [-0.2, -0.15) is 13.2 Å². The molecule has 0 aromatic heterocycles. The van der Waals surface area contributed by atoms with Crippen molar-refractivity contribution in [1.29, 1.82) is 0 Å². The van der Waals surface area contributed by atoms with Crippen molar-refractivity contribution in [3.63, 3.8) is 0 Å². The summed E-state index contributed by atoms with van der Waals surface area (Å²) in [5.41, 5.74) is 1.45. The first-order valence-electron chi connectivity index (χ1n) is 5.39. The Balaban J connectivity index is 2.52. The highest BCUT2D eigenvalue weighted by molar-refractivity contribution is 5.53. The van der Waals surface area contributed by atoms with Crippen LogP contribution in [0.15, 0.2) is 12.1 Å². The van der Waals surface area contributed by atoms with Gasteiger partial charge in [-0.1, -0.05) is 6.07 Å². The van der Waals surface area contributed by atoms with Crippen molar-refractivity contribution in [1.82, 2.24) is 5.48 Å². The Morgan fingerprint density at radius 2 is 1.83 bits per heavy atom. The lowest BCUT2D eigenvalue weighted by Crippen LogP contribution is -2.12. The van der Waals surface area contributed by atoms with Gasteiger partial charge in [0.05, 0.1) is 13.2 Å². The Kier molecular flexibility index (Phi) is 3.63. The van der Waals surface area contributed by atoms with E-state index < -0.39 is 11.7 Å². The summed E-state index contributed by atoms with van der Waals surface area (Å²) in [6, 6.07) is 2.19. The minimum Gasteiger partial charge on any atom is -0.489 e. The number of fused-ring (bicyclic) bond motifs is 1. The van der Waals surface area contributed by atoms with E-state index in [4.69, 9.17) is 14.7 Å². The van der Waals surface area contributed by atoms with Crippen molar-refractivity contribution >= 4 is 0 Å². The van der Waals surface area contributed by atoms with Crippen LogP contribution in [0.25, 0.3) is 0 Å². The van der Waals surface area contributed by atoms with Crippen LogP contribution in [-0.2, 0) is 12.7 Å². The molecule has 0 saturated carbocycles. The summed E-state index contributed by atoms with van der Waals surface area (Å²) >= 11 is 0. The van der Waals surface area contributed by atoms with E-state index in [1.54, 1.807) is 0 Å². The number of hydrogen-bond acceptors (Lipinski definition) is 4. The fourth-order valence-corrected chi connectivity index (χ4v) is 1.76. The van der Waals surface area contributed by atoms with Crippen LogP contribution in [0.2, 0.25) is 0 Å². The predicted octanol–water partition coefficient (Wildman–Crippen LogP) is 2.35. The fraction of sp³-hybridized carbons (Fsp3) is 0.455. The molecule has 0 aliphatic carbocycles. The van der Waals surface area contributed by atoms with E-state index in [0.717, 1.165) is 6.07 Å². The second kappa shape index (κ2) is 5.03. The monoisotopic (exact) mass is 263 g/mol. The molecule has 0 unspecified atom stereocenters. The molecule has 2 rings (SSSR count). The van der Waals surface area contributed by atoms with E-state index >= 15 is 0 Å². The topological polar surface area (TPSA) is 50.7 Å². The molecule has 1 heterocycles. The van der Waals surface area contributed by atoms with Crippen LogP contribution >= 0.6 is 0 Å². The van der Waals surface area contributed by atoms with Crippen molar-refractivity contribution in [2.24, 2.45) is 0 Å². The molecule has 0 radical (unpaired) electrons. The van der Waals surface area contributed by atoms with Crippen LogP contribution in [0.5, 0.6) is 11.5 Å². The molecule has 0 amide bonds. The van der Waals surface area contributed by atoms with Crippen LogP contribution < -0.4 is 15.0 Å². The number of hydroxylamine groups is 1. The molecule has 4 nitrogen and oxygen atoms in total. The number of benzene rings is 1. The molecule has 7 heteroatoms. The first kappa shape index (κ1) is 13.0. The first-order chi connectivity index (χ1) is 8.54. The summed E-state index contributed by atoms with van der Waals surface area (Å²) in [5, 5.41) is 8.65. The Morgan fingerprint density at radius 1 is 1.17 bits per heavy atom. The maximum atomic E-state index is 12.8. The lowest BCUT2D eigenvalue weighted by atomic mass is 10.1. The molecule has 0 fully saturated rings. The third kappa shape index (κ3) is 2.51. The average Bonchev–Trinajstić information content (AvgIpc) is 2.53. The fourth-order valence-electron chi connectivity index (χ4n) is 1.76. The summed E-state index contributed by atoms with van der Waals surface area (Å²) in [6.45, 7) is 0.447. The molecule has 0 atom stereocenters. The van der Waals surface area contributed by atoms with E-state index in [1.165, 1.54) is 6.07 Å². The highest BCUT2D eigenvalue weighted by Gasteiger charge is 2.37. The first-order valence-corrected chi connectivity index (χ1v) is 5.39. The number of hydrogen-bond donors (Lipinski definition) is 2. The number of ether oxygens (including phenoxy) is 2. The van der Waals surface area contributed by atoms with Gasteiger partial charge in [-0.05, 0) is 6.07 Å². The van der Waals surface area contributed by atoms with E-state index in [2.05, 4.69) is 0 Å². The Labute approximate surface area is 101 Å². The molecule has 1 aromatic carbocycles. The van der Waals surface area contributed by atoms with Crippen LogP contribution in [0.1, 0.15) is 17.5 Å². The molecule has 1 aliphatic heterocycles. The van der Waals surface area contributed by atoms with E-state index in [-0.39, 0.29) is 31.3 Å². The van der Waals surface area contributed by atoms with Gasteiger partial charge in [0.15, 0.2) is 11.5 Å². The van der Waals surface area contributed by atoms with Crippen molar-refractivity contribution < 1.29 is 27.9 Å². The van der Waals surface area contributed by atoms with Gasteiger partial charge in [-0.3, -0.25) is 0 Å². The summed E-state index contributed by atoms with van der Waals surface area (Å²) < 4.78 is 48.9. The normalized spacial score (nSPS) is 15.3. The second-order valence-electron chi connectivity index (χ2n) is 3.81. The minimum absolute atomic E-state index is 0.0101. The molecule has 2 N–H and O–H groups in total. The van der Waals surface area contributed by atoms with Gasteiger partial charge < -0.3 is 14.7 Å². The third-order valence-electron chi connectivity index (χ3n) is 2.55. The summed E-state index contributed by atoms with van der Waals surface area (Å²) in [4.78, 5) is 0. The summed E-state index contributed by atoms with van der Waals surface area (Å²) in [6.07, 6.45) is -3.99. The van der Waals surface area contributed by atoms with E-state index in [9.17, 15) is 13.2 Å². The van der Waals surface area contributed by atoms with Gasteiger partial charge >= 0.3 is 6.18 Å². The summed E-state index contributed by atoms with van der Waals surface area (Å²) in [7, 11) is 0. The van der Waals surface area contributed by atoms with Gasteiger partial charge in [0, 0.05) is 18.5 Å². The molecule has 0 bridgehead atoms. The highest BCUT2D eigenvalue weighted by atomic mass is 19.4. The Morgan fingerprint density at radius 3 is 2.44 bits per heavy atom. The molecule has 18 heavy (non-hydrogen) atoms. The molecule has 0 spiro atoms. The zero-order chi connectivity index (χ0) is 13.2. The molecular weight excluding hydrogens is 251 g/mol. The summed E-state index contributed by atoms with van der Waals surface area (Å²) in [5.74, 6) is -0.253. The zero-order valence-corrected chi connectivity index (χ0v) is 9.38. The smallest absolute Gasteiger partial charge is 0.420 e. The van der Waals surface area contributed by atoms with Gasteiger partial charge in [0.1, 0.15) is 5.56 Å². The average molecular weight is 263 g/mol. The lowest BCUT2D eigenvalue weighted by molar-refractivity contribution is -0.139. The predicted molar refractivity (Wildman–Crippen MR) is 55.7 cm³/mol. The number of nitrogens with one attached hydrogen (secondary N) is 1. The molecule has 0 saturated heterocycles. The highest BCUT2D eigenvalue weighted by Crippen LogP contribution is 2.44.